The molecule has 1 atom stereocenters. The number of rotatable bonds is 3. The molecule has 1 fully saturated rings. The van der Waals surface area contributed by atoms with E-state index in [1.54, 1.807) is 6.07 Å². The zero-order chi connectivity index (χ0) is 14.7. The molecule has 0 aliphatic carbocycles. The Hall–Kier alpha value is -0.550. The van der Waals surface area contributed by atoms with Crippen LogP contribution in [0.4, 0.5) is 5.69 Å². The van der Waals surface area contributed by atoms with Crippen LogP contribution < -0.4 is 5.32 Å². The minimum absolute atomic E-state index is 0.472. The fraction of sp³-hybridized carbons (Fsp3) is 0.500. The van der Waals surface area contributed by atoms with E-state index in [9.17, 15) is 0 Å². The molecule has 20 heavy (non-hydrogen) atoms. The molecule has 1 aliphatic heterocycles. The van der Waals surface area contributed by atoms with E-state index >= 15 is 0 Å². The second-order valence-electron chi connectivity index (χ2n) is 5.34. The number of nitrogens with one attached hydrogen (secondary N) is 1. The SMILES string of the molecule is CN(C)CC1CCCN1C(=S)Nc1cc(Cl)cc(Cl)c1. The highest BCUT2D eigenvalue weighted by molar-refractivity contribution is 7.80. The Labute approximate surface area is 135 Å². The normalized spacial score (nSPS) is 18.6. The summed E-state index contributed by atoms with van der Waals surface area (Å²) in [4.78, 5) is 4.45. The first-order chi connectivity index (χ1) is 9.45. The lowest BCUT2D eigenvalue weighted by atomic mass is 10.2. The Morgan fingerprint density at radius 3 is 2.60 bits per heavy atom. The Balaban J connectivity index is 2.03. The van der Waals surface area contributed by atoms with Crippen LogP contribution in [-0.4, -0.2) is 48.1 Å². The van der Waals surface area contributed by atoms with E-state index in [0.29, 0.717) is 16.1 Å². The lowest BCUT2D eigenvalue weighted by Crippen LogP contribution is -2.43. The summed E-state index contributed by atoms with van der Waals surface area (Å²) in [6, 6.07) is 5.84. The van der Waals surface area contributed by atoms with E-state index in [4.69, 9.17) is 35.4 Å². The van der Waals surface area contributed by atoms with Gasteiger partial charge in [-0.05, 0) is 57.4 Å². The van der Waals surface area contributed by atoms with Gasteiger partial charge in [0.25, 0.3) is 0 Å². The number of likely N-dealkylation sites (tertiary alicyclic amines) is 1. The molecule has 2 rings (SSSR count). The number of hydrogen-bond donors (Lipinski definition) is 1. The Morgan fingerprint density at radius 1 is 1.35 bits per heavy atom. The van der Waals surface area contributed by atoms with E-state index in [2.05, 4.69) is 29.2 Å². The number of thiocarbonyl (C=S) groups is 1. The van der Waals surface area contributed by atoms with E-state index in [-0.39, 0.29) is 0 Å². The van der Waals surface area contributed by atoms with Crippen molar-refractivity contribution in [3.8, 4) is 0 Å². The van der Waals surface area contributed by atoms with Crippen molar-refractivity contribution in [2.75, 3.05) is 32.5 Å². The Bertz CT molecular complexity index is 473. The molecule has 110 valence electrons. The molecule has 3 nitrogen and oxygen atoms in total. The van der Waals surface area contributed by atoms with Crippen molar-refractivity contribution in [2.24, 2.45) is 0 Å². The molecule has 0 bridgehead atoms. The molecule has 1 aromatic rings. The Morgan fingerprint density at radius 2 is 2.00 bits per heavy atom. The van der Waals surface area contributed by atoms with Gasteiger partial charge in [0.1, 0.15) is 0 Å². The van der Waals surface area contributed by atoms with Gasteiger partial charge in [-0.2, -0.15) is 0 Å². The Kier molecular flexibility index (Phi) is 5.49. The molecule has 0 amide bonds. The van der Waals surface area contributed by atoms with Gasteiger partial charge in [-0.25, -0.2) is 0 Å². The third-order valence-electron chi connectivity index (χ3n) is 3.33. The van der Waals surface area contributed by atoms with Gasteiger partial charge >= 0.3 is 0 Å². The zero-order valence-corrected chi connectivity index (χ0v) is 14.0. The van der Waals surface area contributed by atoms with Gasteiger partial charge in [0.05, 0.1) is 0 Å². The maximum absolute atomic E-state index is 6.00. The van der Waals surface area contributed by atoms with Crippen LogP contribution in [-0.2, 0) is 0 Å². The smallest absolute Gasteiger partial charge is 0.173 e. The van der Waals surface area contributed by atoms with Crippen molar-refractivity contribution < 1.29 is 0 Å². The van der Waals surface area contributed by atoms with Crippen molar-refractivity contribution in [3.05, 3.63) is 28.2 Å². The summed E-state index contributed by atoms with van der Waals surface area (Å²) >= 11 is 17.5. The summed E-state index contributed by atoms with van der Waals surface area (Å²) < 4.78 is 0. The highest BCUT2D eigenvalue weighted by Crippen LogP contribution is 2.24. The minimum Gasteiger partial charge on any atom is -0.345 e. The maximum atomic E-state index is 6.00. The first-order valence-electron chi connectivity index (χ1n) is 6.64. The van der Waals surface area contributed by atoms with E-state index in [1.165, 1.54) is 12.8 Å². The summed E-state index contributed by atoms with van der Waals surface area (Å²) in [5.74, 6) is 0. The molecule has 6 heteroatoms. The molecule has 1 saturated heterocycles. The van der Waals surface area contributed by atoms with Crippen molar-refractivity contribution in [3.63, 3.8) is 0 Å². The summed E-state index contributed by atoms with van der Waals surface area (Å²) in [5.41, 5.74) is 0.836. The number of anilines is 1. The van der Waals surface area contributed by atoms with E-state index < -0.39 is 0 Å². The average Bonchev–Trinajstić information content (AvgIpc) is 2.74. The lowest BCUT2D eigenvalue weighted by molar-refractivity contribution is 0.288. The van der Waals surface area contributed by atoms with Crippen LogP contribution in [0.1, 0.15) is 12.8 Å². The fourth-order valence-electron chi connectivity index (χ4n) is 2.54. The van der Waals surface area contributed by atoms with Crippen LogP contribution in [0.2, 0.25) is 10.0 Å². The molecule has 0 radical (unpaired) electrons. The lowest BCUT2D eigenvalue weighted by Gasteiger charge is -2.29. The molecule has 1 heterocycles. The van der Waals surface area contributed by atoms with Crippen molar-refractivity contribution in [1.29, 1.82) is 0 Å². The van der Waals surface area contributed by atoms with Gasteiger partial charge in [-0.3, -0.25) is 0 Å². The van der Waals surface area contributed by atoms with Crippen molar-refractivity contribution in [2.45, 2.75) is 18.9 Å². The average molecular weight is 332 g/mol. The van der Waals surface area contributed by atoms with Gasteiger partial charge in [-0.1, -0.05) is 23.2 Å². The van der Waals surface area contributed by atoms with Crippen LogP contribution in [0.25, 0.3) is 0 Å². The van der Waals surface area contributed by atoms with E-state index in [0.717, 1.165) is 23.9 Å². The quantitative estimate of drug-likeness (QED) is 0.850. The van der Waals surface area contributed by atoms with Crippen LogP contribution in [0, 0.1) is 0 Å². The largest absolute Gasteiger partial charge is 0.345 e. The van der Waals surface area contributed by atoms with Crippen LogP contribution in [0.3, 0.4) is 0 Å². The maximum Gasteiger partial charge on any atom is 0.173 e. The molecular weight excluding hydrogens is 313 g/mol. The van der Waals surface area contributed by atoms with E-state index in [1.807, 2.05) is 12.1 Å². The standard InChI is InChI=1S/C14H19Cl2N3S/c1-18(2)9-13-4-3-5-19(13)14(20)17-12-7-10(15)6-11(16)8-12/h6-8,13H,3-5,9H2,1-2H3,(H,17,20). The first kappa shape index (κ1) is 15.8. The zero-order valence-electron chi connectivity index (χ0n) is 11.7. The number of likely N-dealkylation sites (N-methyl/N-ethyl adjacent to an activating group) is 1. The predicted octanol–water partition coefficient (Wildman–Crippen LogP) is 3.72. The highest BCUT2D eigenvalue weighted by Gasteiger charge is 2.26. The monoisotopic (exact) mass is 331 g/mol. The summed E-state index contributed by atoms with van der Waals surface area (Å²) in [6.07, 6.45) is 2.35. The topological polar surface area (TPSA) is 18.5 Å². The van der Waals surface area contributed by atoms with Crippen molar-refractivity contribution >= 4 is 46.2 Å². The summed E-state index contributed by atoms with van der Waals surface area (Å²) in [6.45, 7) is 2.01. The molecule has 1 unspecified atom stereocenters. The molecule has 0 aromatic heterocycles. The minimum atomic E-state index is 0.472. The second-order valence-corrected chi connectivity index (χ2v) is 6.60. The van der Waals surface area contributed by atoms with Gasteiger partial charge in [0, 0.05) is 34.9 Å². The number of halogens is 2. The number of hydrogen-bond acceptors (Lipinski definition) is 2. The van der Waals surface area contributed by atoms with Crippen molar-refractivity contribution in [1.82, 2.24) is 9.80 Å². The highest BCUT2D eigenvalue weighted by atomic mass is 35.5. The fourth-order valence-corrected chi connectivity index (χ4v) is 3.42. The molecule has 1 aromatic carbocycles. The van der Waals surface area contributed by atoms with Gasteiger partial charge in [0.2, 0.25) is 0 Å². The number of nitrogens with zero attached hydrogens (tertiary/aromatic N) is 2. The molecule has 1 aliphatic rings. The third-order valence-corrected chi connectivity index (χ3v) is 4.10. The van der Waals surface area contributed by atoms with Gasteiger partial charge in [0.15, 0.2) is 5.11 Å². The summed E-state index contributed by atoms with van der Waals surface area (Å²) in [7, 11) is 4.17. The van der Waals surface area contributed by atoms with Crippen LogP contribution in [0.15, 0.2) is 18.2 Å². The van der Waals surface area contributed by atoms with Crippen LogP contribution in [0.5, 0.6) is 0 Å². The molecular formula is C14H19Cl2N3S. The van der Waals surface area contributed by atoms with Crippen LogP contribution >= 0.6 is 35.4 Å². The van der Waals surface area contributed by atoms with Gasteiger partial charge < -0.3 is 15.1 Å². The first-order valence-corrected chi connectivity index (χ1v) is 7.80. The third kappa shape index (κ3) is 4.22. The number of benzene rings is 1. The molecule has 0 saturated carbocycles. The van der Waals surface area contributed by atoms with Gasteiger partial charge in [-0.15, -0.1) is 0 Å². The molecule has 1 N–H and O–H groups in total. The predicted molar refractivity (Wildman–Crippen MR) is 91.0 cm³/mol. The summed E-state index contributed by atoms with van der Waals surface area (Å²) in [5, 5.41) is 5.19. The molecule has 0 spiro atoms. The second kappa shape index (κ2) is 6.94.